The van der Waals surface area contributed by atoms with Crippen LogP contribution in [-0.2, 0) is 9.59 Å². The smallest absolute Gasteiger partial charge is 0.303 e. The van der Waals surface area contributed by atoms with Gasteiger partial charge < -0.3 is 10.2 Å². The van der Waals surface area contributed by atoms with Crippen molar-refractivity contribution in [1.82, 2.24) is 0 Å². The second kappa shape index (κ2) is 6.23. The largest absolute Gasteiger partial charge is 0.481 e. The summed E-state index contributed by atoms with van der Waals surface area (Å²) in [5.74, 6) is -0.810. The van der Waals surface area contributed by atoms with Crippen molar-refractivity contribution in [3.8, 4) is 0 Å². The molecule has 0 spiro atoms. The summed E-state index contributed by atoms with van der Waals surface area (Å²) in [5.41, 5.74) is 0.561. The molecule has 1 atom stereocenters. The maximum Gasteiger partial charge on any atom is 0.303 e. The number of ketones is 1. The first kappa shape index (κ1) is 12.6. The van der Waals surface area contributed by atoms with Gasteiger partial charge in [-0.1, -0.05) is 12.2 Å². The highest BCUT2D eigenvalue weighted by Crippen LogP contribution is 2.16. The minimum atomic E-state index is -0.777. The van der Waals surface area contributed by atoms with E-state index in [0.717, 1.165) is 12.8 Å². The molecule has 88 valence electrons. The summed E-state index contributed by atoms with van der Waals surface area (Å²) in [4.78, 5) is 21.5. The fraction of sp³-hybridized carbons (Fsp3) is 0.500. The van der Waals surface area contributed by atoms with Gasteiger partial charge in [-0.15, -0.1) is 0 Å². The number of carboxylic acids is 1. The average molecular weight is 224 g/mol. The van der Waals surface area contributed by atoms with Crippen molar-refractivity contribution in [2.75, 3.05) is 0 Å². The Kier molecular flexibility index (Phi) is 4.92. The summed E-state index contributed by atoms with van der Waals surface area (Å²) in [6, 6.07) is 0. The SMILES string of the molecule is O=C(O)CCCC/C=C\C1=CC(O)CC1=O. The van der Waals surface area contributed by atoms with Crippen molar-refractivity contribution in [1.29, 1.82) is 0 Å². The molecule has 0 aromatic rings. The monoisotopic (exact) mass is 224 g/mol. The molecule has 0 radical (unpaired) electrons. The Balaban J connectivity index is 2.20. The first-order valence-corrected chi connectivity index (χ1v) is 5.41. The first-order valence-electron chi connectivity index (χ1n) is 5.41. The van der Waals surface area contributed by atoms with Gasteiger partial charge in [-0.3, -0.25) is 9.59 Å². The van der Waals surface area contributed by atoms with E-state index in [1.54, 1.807) is 12.2 Å². The van der Waals surface area contributed by atoms with Gasteiger partial charge in [0.2, 0.25) is 0 Å². The Morgan fingerprint density at radius 2 is 2.25 bits per heavy atom. The van der Waals surface area contributed by atoms with E-state index in [2.05, 4.69) is 0 Å². The number of aliphatic carboxylic acids is 1. The lowest BCUT2D eigenvalue weighted by Crippen LogP contribution is -2.00. The van der Waals surface area contributed by atoms with Crippen LogP contribution in [0.15, 0.2) is 23.8 Å². The second-order valence-corrected chi connectivity index (χ2v) is 3.86. The van der Waals surface area contributed by atoms with Gasteiger partial charge in [-0.2, -0.15) is 0 Å². The summed E-state index contributed by atoms with van der Waals surface area (Å²) in [6.07, 6.45) is 7.04. The maximum atomic E-state index is 11.2. The van der Waals surface area contributed by atoms with Crippen LogP contribution >= 0.6 is 0 Å². The second-order valence-electron chi connectivity index (χ2n) is 3.86. The number of carbonyl (C=O) groups is 2. The number of allylic oxidation sites excluding steroid dienone is 3. The fourth-order valence-electron chi connectivity index (χ4n) is 1.56. The number of rotatable bonds is 6. The van der Waals surface area contributed by atoms with Crippen LogP contribution in [0.5, 0.6) is 0 Å². The zero-order valence-corrected chi connectivity index (χ0v) is 9.06. The van der Waals surface area contributed by atoms with Gasteiger partial charge in [0.15, 0.2) is 5.78 Å². The number of hydrogen-bond donors (Lipinski definition) is 2. The standard InChI is InChI=1S/C12H16O4/c13-10-7-9(11(14)8-10)5-3-1-2-4-6-12(15)16/h3,5,7,10,13H,1-2,4,6,8H2,(H,15,16)/b5-3-. The van der Waals surface area contributed by atoms with Crippen molar-refractivity contribution in [2.24, 2.45) is 0 Å². The summed E-state index contributed by atoms with van der Waals surface area (Å²) in [6.45, 7) is 0. The summed E-state index contributed by atoms with van der Waals surface area (Å²) in [7, 11) is 0. The van der Waals surface area contributed by atoms with Crippen LogP contribution in [0.2, 0.25) is 0 Å². The molecule has 0 bridgehead atoms. The van der Waals surface area contributed by atoms with Gasteiger partial charge in [-0.05, 0) is 25.3 Å². The third-order valence-corrected chi connectivity index (χ3v) is 2.40. The van der Waals surface area contributed by atoms with Gasteiger partial charge in [0.25, 0.3) is 0 Å². The third kappa shape index (κ3) is 4.40. The van der Waals surface area contributed by atoms with Gasteiger partial charge >= 0.3 is 5.97 Å². The third-order valence-electron chi connectivity index (χ3n) is 2.40. The minimum absolute atomic E-state index is 0.0331. The van der Waals surface area contributed by atoms with E-state index < -0.39 is 12.1 Å². The highest BCUT2D eigenvalue weighted by atomic mass is 16.4. The number of carbonyl (C=O) groups excluding carboxylic acids is 1. The minimum Gasteiger partial charge on any atom is -0.481 e. The van der Waals surface area contributed by atoms with Crippen LogP contribution in [-0.4, -0.2) is 28.1 Å². The van der Waals surface area contributed by atoms with Gasteiger partial charge in [0.05, 0.1) is 6.10 Å². The molecule has 0 amide bonds. The molecule has 4 nitrogen and oxygen atoms in total. The van der Waals surface area contributed by atoms with Gasteiger partial charge in [-0.25, -0.2) is 0 Å². The van der Waals surface area contributed by atoms with E-state index in [1.807, 2.05) is 6.08 Å². The first-order chi connectivity index (χ1) is 7.59. The van der Waals surface area contributed by atoms with Crippen LogP contribution in [0.4, 0.5) is 0 Å². The van der Waals surface area contributed by atoms with Crippen molar-refractivity contribution in [3.05, 3.63) is 23.8 Å². The van der Waals surface area contributed by atoms with Gasteiger partial charge in [0, 0.05) is 18.4 Å². The summed E-state index contributed by atoms with van der Waals surface area (Å²) in [5, 5.41) is 17.6. The van der Waals surface area contributed by atoms with E-state index in [1.165, 1.54) is 0 Å². The molecule has 0 aromatic carbocycles. The Hall–Kier alpha value is -1.42. The van der Waals surface area contributed by atoms with Crippen LogP contribution in [0.3, 0.4) is 0 Å². The Morgan fingerprint density at radius 3 is 2.81 bits per heavy atom. The summed E-state index contributed by atoms with van der Waals surface area (Å²) < 4.78 is 0. The quantitative estimate of drug-likeness (QED) is 0.669. The number of aliphatic hydroxyl groups is 1. The zero-order chi connectivity index (χ0) is 12.0. The molecule has 1 unspecified atom stereocenters. The molecule has 1 aliphatic rings. The maximum absolute atomic E-state index is 11.2. The molecule has 2 N–H and O–H groups in total. The average Bonchev–Trinajstić information content (AvgIpc) is 2.50. The predicted molar refractivity (Wildman–Crippen MR) is 59.0 cm³/mol. The number of Topliss-reactive ketones (excluding diaryl/α,β-unsaturated/α-hetero) is 1. The molecule has 0 aromatic heterocycles. The lowest BCUT2D eigenvalue weighted by molar-refractivity contribution is -0.137. The van der Waals surface area contributed by atoms with Gasteiger partial charge in [0.1, 0.15) is 0 Å². The Morgan fingerprint density at radius 1 is 1.50 bits per heavy atom. The lowest BCUT2D eigenvalue weighted by Gasteiger charge is -1.93. The van der Waals surface area contributed by atoms with E-state index >= 15 is 0 Å². The fourth-order valence-corrected chi connectivity index (χ4v) is 1.56. The van der Waals surface area contributed by atoms with E-state index in [-0.39, 0.29) is 18.6 Å². The predicted octanol–water partition coefficient (Wildman–Crippen LogP) is 1.45. The molecule has 0 heterocycles. The lowest BCUT2D eigenvalue weighted by atomic mass is 10.1. The number of unbranched alkanes of at least 4 members (excludes halogenated alkanes) is 2. The van der Waals surface area contributed by atoms with Crippen LogP contribution in [0.1, 0.15) is 32.1 Å². The van der Waals surface area contributed by atoms with E-state index in [0.29, 0.717) is 12.0 Å². The molecule has 0 saturated carbocycles. The molecule has 16 heavy (non-hydrogen) atoms. The molecule has 0 saturated heterocycles. The molecule has 4 heteroatoms. The van der Waals surface area contributed by atoms with E-state index in [9.17, 15) is 14.7 Å². The summed E-state index contributed by atoms with van der Waals surface area (Å²) >= 11 is 0. The van der Waals surface area contributed by atoms with Crippen molar-refractivity contribution < 1.29 is 19.8 Å². The van der Waals surface area contributed by atoms with Crippen molar-refractivity contribution >= 4 is 11.8 Å². The molecule has 0 fully saturated rings. The Labute approximate surface area is 94.3 Å². The van der Waals surface area contributed by atoms with Crippen LogP contribution < -0.4 is 0 Å². The van der Waals surface area contributed by atoms with Crippen molar-refractivity contribution in [2.45, 2.75) is 38.2 Å². The highest BCUT2D eigenvalue weighted by molar-refractivity contribution is 6.00. The van der Waals surface area contributed by atoms with E-state index in [4.69, 9.17) is 5.11 Å². The molecule has 1 rings (SSSR count). The topological polar surface area (TPSA) is 74.6 Å². The zero-order valence-electron chi connectivity index (χ0n) is 9.06. The number of hydrogen-bond acceptors (Lipinski definition) is 3. The molecule has 1 aliphatic carbocycles. The number of aliphatic hydroxyl groups excluding tert-OH is 1. The molecular formula is C12H16O4. The molecule has 0 aliphatic heterocycles. The Bertz CT molecular complexity index is 328. The normalized spacial score (nSPS) is 20.4. The highest BCUT2D eigenvalue weighted by Gasteiger charge is 2.19. The number of carboxylic acid groups (broad SMARTS) is 1. The van der Waals surface area contributed by atoms with Crippen LogP contribution in [0.25, 0.3) is 0 Å². The van der Waals surface area contributed by atoms with Crippen molar-refractivity contribution in [3.63, 3.8) is 0 Å². The van der Waals surface area contributed by atoms with Crippen LogP contribution in [0, 0.1) is 0 Å². The molecular weight excluding hydrogens is 208 g/mol.